The van der Waals surface area contributed by atoms with Gasteiger partial charge in [0.25, 0.3) is 0 Å². The van der Waals surface area contributed by atoms with Crippen molar-refractivity contribution < 1.29 is 18.0 Å². The zero-order chi connectivity index (χ0) is 19.2. The zero-order valence-electron chi connectivity index (χ0n) is 13.9. The van der Waals surface area contributed by atoms with E-state index in [1.165, 1.54) is 21.6 Å². The van der Waals surface area contributed by atoms with E-state index in [0.717, 1.165) is 17.7 Å². The smallest absolute Gasteiger partial charge is 0.320 e. The topological polar surface area (TPSA) is 77.6 Å². The molecular weight excluding hydrogens is 381 g/mol. The molecule has 0 aliphatic carbocycles. The summed E-state index contributed by atoms with van der Waals surface area (Å²) in [5, 5.41) is 12.1. The van der Waals surface area contributed by atoms with E-state index in [0.29, 0.717) is 12.2 Å². The number of alkyl halides is 3. The fourth-order valence-electron chi connectivity index (χ4n) is 3.08. The molecule has 1 aliphatic rings. The number of aryl methyl sites for hydroxylation is 1. The van der Waals surface area contributed by atoms with Crippen LogP contribution in [-0.4, -0.2) is 36.5 Å². The second kappa shape index (κ2) is 6.34. The number of halogens is 3. The van der Waals surface area contributed by atoms with Gasteiger partial charge < -0.3 is 5.32 Å². The van der Waals surface area contributed by atoms with Gasteiger partial charge in [-0.15, -0.1) is 11.3 Å². The fraction of sp³-hybridized carbons (Fsp3) is 0.250. The molecule has 0 saturated heterocycles. The summed E-state index contributed by atoms with van der Waals surface area (Å²) in [6.45, 7) is 2.24. The number of thiophene rings is 1. The maximum atomic E-state index is 13.8. The van der Waals surface area contributed by atoms with Crippen LogP contribution in [-0.2, 0) is 6.54 Å². The molecule has 27 heavy (non-hydrogen) atoms. The Morgan fingerprint density at radius 1 is 1.33 bits per heavy atom. The van der Waals surface area contributed by atoms with Crippen LogP contribution in [0.2, 0.25) is 0 Å². The maximum Gasteiger partial charge on any atom is 0.431 e. The van der Waals surface area contributed by atoms with Crippen LogP contribution in [0.3, 0.4) is 0 Å². The van der Waals surface area contributed by atoms with Crippen molar-refractivity contribution in [1.29, 1.82) is 0 Å². The Labute approximate surface area is 155 Å². The van der Waals surface area contributed by atoms with Crippen molar-refractivity contribution in [2.45, 2.75) is 25.7 Å². The van der Waals surface area contributed by atoms with Crippen LogP contribution in [0.5, 0.6) is 0 Å². The summed E-state index contributed by atoms with van der Waals surface area (Å²) in [6.07, 6.45) is -2.14. The van der Waals surface area contributed by atoms with Gasteiger partial charge in [0, 0.05) is 12.7 Å². The fourth-order valence-corrected chi connectivity index (χ4v) is 3.76. The van der Waals surface area contributed by atoms with Crippen molar-refractivity contribution in [1.82, 2.24) is 24.5 Å². The summed E-state index contributed by atoms with van der Waals surface area (Å²) in [6, 6.07) is 3.60. The van der Waals surface area contributed by atoms with Crippen molar-refractivity contribution in [3.05, 3.63) is 57.9 Å². The van der Waals surface area contributed by atoms with Crippen LogP contribution in [0, 0.1) is 0 Å². The predicted octanol–water partition coefficient (Wildman–Crippen LogP) is 3.27. The molecule has 7 nitrogen and oxygen atoms in total. The van der Waals surface area contributed by atoms with Crippen molar-refractivity contribution in [3.8, 4) is 0 Å². The average molecular weight is 394 g/mol. The third-order valence-electron chi connectivity index (χ3n) is 4.20. The van der Waals surface area contributed by atoms with Crippen molar-refractivity contribution in [2.24, 2.45) is 0 Å². The van der Waals surface area contributed by atoms with Gasteiger partial charge in [-0.25, -0.2) is 4.68 Å². The van der Waals surface area contributed by atoms with Gasteiger partial charge in [-0.2, -0.15) is 28.4 Å². The number of Topliss-reactive ketones (excluding diaryl/α,β-unsaturated/α-hetero) is 1. The molecule has 0 unspecified atom stereocenters. The van der Waals surface area contributed by atoms with Crippen LogP contribution < -0.4 is 5.32 Å². The number of carbonyl (C=O) groups excluding carboxylic acids is 1. The first-order valence-electron chi connectivity index (χ1n) is 7.99. The van der Waals surface area contributed by atoms with E-state index >= 15 is 0 Å². The summed E-state index contributed by atoms with van der Waals surface area (Å²) in [4.78, 5) is 17.1. The second-order valence-corrected chi connectivity index (χ2v) is 6.67. The van der Waals surface area contributed by atoms with Gasteiger partial charge in [0.15, 0.2) is 0 Å². The lowest BCUT2D eigenvalue weighted by atomic mass is 9.94. The van der Waals surface area contributed by atoms with Gasteiger partial charge in [-0.1, -0.05) is 6.07 Å². The Morgan fingerprint density at radius 3 is 2.81 bits per heavy atom. The van der Waals surface area contributed by atoms with E-state index in [4.69, 9.17) is 0 Å². The van der Waals surface area contributed by atoms with Crippen molar-refractivity contribution in [3.63, 3.8) is 0 Å². The number of ketones is 1. The number of hydrogen-bond acceptors (Lipinski definition) is 6. The Bertz CT molecular complexity index is 1020. The molecule has 4 heterocycles. The summed E-state index contributed by atoms with van der Waals surface area (Å²) in [7, 11) is 0. The molecule has 0 amide bonds. The largest absolute Gasteiger partial charge is 0.431 e. The molecule has 11 heteroatoms. The molecule has 0 radical (unpaired) electrons. The minimum Gasteiger partial charge on any atom is -0.320 e. The van der Waals surface area contributed by atoms with Gasteiger partial charge in [0.1, 0.15) is 18.1 Å². The second-order valence-electron chi connectivity index (χ2n) is 5.72. The molecule has 1 atom stereocenters. The molecule has 0 fully saturated rings. The first kappa shape index (κ1) is 17.5. The molecule has 0 bridgehead atoms. The van der Waals surface area contributed by atoms with Gasteiger partial charge in [-0.05, 0) is 24.4 Å². The predicted molar refractivity (Wildman–Crippen MR) is 91.4 cm³/mol. The highest BCUT2D eigenvalue weighted by molar-refractivity contribution is 7.12. The lowest BCUT2D eigenvalue weighted by Crippen LogP contribution is -2.35. The molecule has 3 aromatic heterocycles. The average Bonchev–Trinajstić information content (AvgIpc) is 3.39. The SMILES string of the molecule is CCn1nccc1[C@H]1C(C(=O)c2cccs2)=C(C(F)(F)F)Nc2ncnn21. The summed E-state index contributed by atoms with van der Waals surface area (Å²) in [5.74, 6) is -0.793. The molecular formula is C16H13F3N6OS. The molecule has 140 valence electrons. The molecule has 1 aliphatic heterocycles. The van der Waals surface area contributed by atoms with Crippen LogP contribution in [0.4, 0.5) is 19.1 Å². The van der Waals surface area contributed by atoms with E-state index in [-0.39, 0.29) is 10.8 Å². The number of allylic oxidation sites excluding steroid dienone is 2. The minimum atomic E-state index is -4.77. The first-order valence-corrected chi connectivity index (χ1v) is 8.87. The molecule has 0 spiro atoms. The molecule has 3 aromatic rings. The van der Waals surface area contributed by atoms with Gasteiger partial charge in [0.2, 0.25) is 11.7 Å². The van der Waals surface area contributed by atoms with Crippen LogP contribution >= 0.6 is 11.3 Å². The summed E-state index contributed by atoms with van der Waals surface area (Å²) < 4.78 is 44.3. The number of aromatic nitrogens is 5. The number of carbonyl (C=O) groups is 1. The molecule has 4 rings (SSSR count). The number of nitrogens with zero attached hydrogens (tertiary/aromatic N) is 5. The number of hydrogen-bond donors (Lipinski definition) is 1. The van der Waals surface area contributed by atoms with Gasteiger partial charge in [-0.3, -0.25) is 9.48 Å². The van der Waals surface area contributed by atoms with Gasteiger partial charge in [0.05, 0.1) is 16.1 Å². The van der Waals surface area contributed by atoms with Gasteiger partial charge >= 0.3 is 6.18 Å². The summed E-state index contributed by atoms with van der Waals surface area (Å²) in [5.41, 5.74) is -1.14. The van der Waals surface area contributed by atoms with Crippen molar-refractivity contribution in [2.75, 3.05) is 5.32 Å². The van der Waals surface area contributed by atoms with E-state index in [2.05, 4.69) is 20.5 Å². The maximum absolute atomic E-state index is 13.8. The third kappa shape index (κ3) is 2.83. The van der Waals surface area contributed by atoms with Crippen LogP contribution in [0.1, 0.15) is 28.3 Å². The van der Waals surface area contributed by atoms with E-state index in [1.54, 1.807) is 17.5 Å². The lowest BCUT2D eigenvalue weighted by molar-refractivity contribution is -0.0918. The molecule has 0 saturated carbocycles. The zero-order valence-corrected chi connectivity index (χ0v) is 14.8. The Hall–Kier alpha value is -2.95. The highest BCUT2D eigenvalue weighted by atomic mass is 32.1. The highest BCUT2D eigenvalue weighted by Gasteiger charge is 2.46. The normalized spacial score (nSPS) is 17.0. The third-order valence-corrected chi connectivity index (χ3v) is 5.07. The summed E-state index contributed by atoms with van der Waals surface area (Å²) >= 11 is 1.08. The lowest BCUT2D eigenvalue weighted by Gasteiger charge is -2.30. The minimum absolute atomic E-state index is 0.0843. The Kier molecular flexibility index (Phi) is 4.10. The number of fused-ring (bicyclic) bond motifs is 1. The number of anilines is 1. The molecule has 0 aromatic carbocycles. The quantitative estimate of drug-likeness (QED) is 0.688. The van der Waals surface area contributed by atoms with E-state index in [9.17, 15) is 18.0 Å². The van der Waals surface area contributed by atoms with E-state index < -0.39 is 29.3 Å². The number of nitrogens with one attached hydrogen (secondary N) is 1. The number of rotatable bonds is 4. The molecule has 1 N–H and O–H groups in total. The van der Waals surface area contributed by atoms with E-state index in [1.807, 2.05) is 6.92 Å². The first-order chi connectivity index (χ1) is 12.9. The Balaban J connectivity index is 1.99. The highest BCUT2D eigenvalue weighted by Crippen LogP contribution is 2.42. The van der Waals surface area contributed by atoms with Crippen LogP contribution in [0.25, 0.3) is 0 Å². The van der Waals surface area contributed by atoms with Crippen molar-refractivity contribution >= 4 is 23.1 Å². The van der Waals surface area contributed by atoms with Crippen LogP contribution in [0.15, 0.2) is 47.4 Å². The monoisotopic (exact) mass is 394 g/mol. The Morgan fingerprint density at radius 2 is 2.15 bits per heavy atom. The standard InChI is InChI=1S/C16H13F3N6OS/c1-2-24-9(5-6-21-24)12-11(13(26)10-4-3-7-27-10)14(16(17,18)19)23-15-20-8-22-25(12)15/h3-8,12H,2H2,1H3,(H,20,22,23)/t12-/m0/s1.